The second-order valence-electron chi connectivity index (χ2n) is 10.8. The predicted octanol–water partition coefficient (Wildman–Crippen LogP) is 7.17. The van der Waals surface area contributed by atoms with Gasteiger partial charge in [-0.15, -0.1) is 0 Å². The zero-order valence-corrected chi connectivity index (χ0v) is 21.1. The number of rotatable bonds is 2. The van der Waals surface area contributed by atoms with Crippen molar-refractivity contribution in [1.29, 1.82) is 0 Å². The van der Waals surface area contributed by atoms with E-state index in [1.807, 2.05) is 0 Å². The zero-order chi connectivity index (χ0) is 22.6. The molecule has 0 N–H and O–H groups in total. The first-order chi connectivity index (χ1) is 14.5. The van der Waals surface area contributed by atoms with E-state index in [-0.39, 0.29) is 10.8 Å². The third-order valence-electron chi connectivity index (χ3n) is 6.11. The maximum atomic E-state index is 2.41. The third kappa shape index (κ3) is 3.97. The number of anilines is 1. The van der Waals surface area contributed by atoms with E-state index in [9.17, 15) is 0 Å². The van der Waals surface area contributed by atoms with Gasteiger partial charge in [0.1, 0.15) is 0 Å². The lowest BCUT2D eigenvalue weighted by molar-refractivity contribution is 0.576. The van der Waals surface area contributed by atoms with Crippen LogP contribution < -0.4 is 10.2 Å². The molecule has 0 amide bonds. The minimum absolute atomic E-state index is 0.0621. The molecule has 0 heterocycles. The van der Waals surface area contributed by atoms with Crippen LogP contribution in [0.25, 0.3) is 11.1 Å². The quantitative estimate of drug-likeness (QED) is 0.307. The van der Waals surface area contributed by atoms with Gasteiger partial charge in [0.15, 0.2) is 0 Å². The SMILES string of the molecule is CN(C)c1cc(C(C)(C)C)c(P=C2c3ccccc3-c3ccccc32)c(C(C)(C)C)c1. The molecule has 2 heteroatoms. The number of nitrogens with zero attached hydrogens (tertiary/aromatic N) is 1. The fraction of sp³-hybridized carbons (Fsp3) is 0.345. The van der Waals surface area contributed by atoms with Crippen molar-refractivity contribution in [2.24, 2.45) is 0 Å². The van der Waals surface area contributed by atoms with Gasteiger partial charge in [-0.3, -0.25) is 0 Å². The van der Waals surface area contributed by atoms with Crippen LogP contribution in [0, 0.1) is 0 Å². The summed E-state index contributed by atoms with van der Waals surface area (Å²) in [5, 5.41) is 2.90. The summed E-state index contributed by atoms with van der Waals surface area (Å²) in [6.07, 6.45) is 0. The lowest BCUT2D eigenvalue weighted by Gasteiger charge is -2.31. The van der Waals surface area contributed by atoms with E-state index in [1.54, 1.807) is 0 Å². The molecule has 160 valence electrons. The Bertz CT molecular complexity index is 1090. The topological polar surface area (TPSA) is 3.24 Å². The Balaban J connectivity index is 2.08. The van der Waals surface area contributed by atoms with E-state index < -0.39 is 0 Å². The molecule has 0 saturated heterocycles. The Morgan fingerprint density at radius 3 is 1.35 bits per heavy atom. The van der Waals surface area contributed by atoms with Crippen LogP contribution in [0.15, 0.2) is 60.7 Å². The number of hydrogen-bond acceptors (Lipinski definition) is 1. The summed E-state index contributed by atoms with van der Waals surface area (Å²) in [6.45, 7) is 14.1. The lowest BCUT2D eigenvalue weighted by atomic mass is 9.80. The van der Waals surface area contributed by atoms with E-state index in [2.05, 4.69) is 121 Å². The first-order valence-corrected chi connectivity index (χ1v) is 12.0. The summed E-state index contributed by atoms with van der Waals surface area (Å²) < 4.78 is 0. The van der Waals surface area contributed by atoms with Crippen molar-refractivity contribution in [3.8, 4) is 11.1 Å². The Kier molecular flexibility index (Phi) is 5.39. The highest BCUT2D eigenvalue weighted by Gasteiger charge is 2.29. The van der Waals surface area contributed by atoms with Crippen LogP contribution >= 0.6 is 8.20 Å². The molecule has 0 bridgehead atoms. The smallest absolute Gasteiger partial charge is 0.0367 e. The van der Waals surface area contributed by atoms with Crippen LogP contribution in [0.4, 0.5) is 5.69 Å². The van der Waals surface area contributed by atoms with Crippen LogP contribution in [0.1, 0.15) is 63.8 Å². The number of fused-ring (bicyclic) bond motifs is 3. The molecule has 31 heavy (non-hydrogen) atoms. The summed E-state index contributed by atoms with van der Waals surface area (Å²) in [5.41, 5.74) is 9.77. The second-order valence-corrected chi connectivity index (χ2v) is 12.0. The van der Waals surface area contributed by atoms with Crippen LogP contribution in [-0.4, -0.2) is 19.4 Å². The predicted molar refractivity (Wildman–Crippen MR) is 140 cm³/mol. The first kappa shape index (κ1) is 21.8. The van der Waals surface area contributed by atoms with E-state index in [4.69, 9.17) is 0 Å². The molecule has 0 aliphatic heterocycles. The van der Waals surface area contributed by atoms with Crippen LogP contribution in [-0.2, 0) is 10.8 Å². The van der Waals surface area contributed by atoms with Gasteiger partial charge >= 0.3 is 0 Å². The average Bonchev–Trinajstić information content (AvgIpc) is 3.00. The molecule has 0 atom stereocenters. The van der Waals surface area contributed by atoms with Crippen molar-refractivity contribution in [3.63, 3.8) is 0 Å². The Hall–Kier alpha value is -2.37. The van der Waals surface area contributed by atoms with Crippen LogP contribution in [0.3, 0.4) is 0 Å². The number of benzene rings is 3. The summed E-state index contributed by atoms with van der Waals surface area (Å²) in [4.78, 5) is 2.23. The minimum atomic E-state index is 0.0621. The molecular weight excluding hydrogens is 393 g/mol. The van der Waals surface area contributed by atoms with Crippen LogP contribution in [0.5, 0.6) is 0 Å². The summed E-state index contributed by atoms with van der Waals surface area (Å²) in [5.74, 6) is 0. The molecule has 4 rings (SSSR count). The molecule has 0 unspecified atom stereocenters. The van der Waals surface area contributed by atoms with Gasteiger partial charge in [-0.05, 0) is 56.3 Å². The van der Waals surface area contributed by atoms with Crippen molar-refractivity contribution in [3.05, 3.63) is 82.9 Å². The summed E-state index contributed by atoms with van der Waals surface area (Å²) in [6, 6.07) is 22.6. The minimum Gasteiger partial charge on any atom is -0.378 e. The average molecular weight is 428 g/mol. The van der Waals surface area contributed by atoms with Crippen molar-refractivity contribution >= 4 is 24.5 Å². The molecule has 0 aromatic heterocycles. The van der Waals surface area contributed by atoms with Crippen molar-refractivity contribution in [2.75, 3.05) is 19.0 Å². The molecule has 0 radical (unpaired) electrons. The van der Waals surface area contributed by atoms with Gasteiger partial charge in [-0.1, -0.05) is 98.3 Å². The van der Waals surface area contributed by atoms with Crippen molar-refractivity contribution < 1.29 is 0 Å². The highest BCUT2D eigenvalue weighted by Crippen LogP contribution is 2.41. The van der Waals surface area contributed by atoms with Gasteiger partial charge in [-0.2, -0.15) is 0 Å². The first-order valence-electron chi connectivity index (χ1n) is 11.1. The molecule has 1 aliphatic rings. The van der Waals surface area contributed by atoms with Crippen LogP contribution in [0.2, 0.25) is 0 Å². The molecule has 3 aromatic rings. The molecule has 0 spiro atoms. The fourth-order valence-electron chi connectivity index (χ4n) is 4.37. The molecule has 1 nitrogen and oxygen atoms in total. The summed E-state index contributed by atoms with van der Waals surface area (Å²) >= 11 is 0. The van der Waals surface area contributed by atoms with Gasteiger partial charge in [0, 0.05) is 30.4 Å². The highest BCUT2D eigenvalue weighted by molar-refractivity contribution is 7.50. The largest absolute Gasteiger partial charge is 0.378 e. The van der Waals surface area contributed by atoms with E-state index in [0.29, 0.717) is 0 Å². The Morgan fingerprint density at radius 1 is 0.613 bits per heavy atom. The van der Waals surface area contributed by atoms with Crippen molar-refractivity contribution in [1.82, 2.24) is 0 Å². The monoisotopic (exact) mass is 427 g/mol. The molecule has 0 fully saturated rings. The van der Waals surface area contributed by atoms with Gasteiger partial charge in [0.25, 0.3) is 0 Å². The molecule has 0 saturated carbocycles. The standard InChI is InChI=1S/C29H34NP/c1-28(2,3)24-17-19(30(7)8)18-25(29(4,5)6)27(24)31-26-22-15-11-9-13-20(22)21-14-10-12-16-23(21)26/h9-18H,1-8H3. The van der Waals surface area contributed by atoms with E-state index in [0.717, 1.165) is 0 Å². The fourth-order valence-corrected chi connectivity index (χ4v) is 6.26. The molecule has 1 aliphatic carbocycles. The maximum absolute atomic E-state index is 2.41. The third-order valence-corrected chi connectivity index (χ3v) is 7.52. The second kappa shape index (κ2) is 7.64. The van der Waals surface area contributed by atoms with Gasteiger partial charge in [0.05, 0.1) is 0 Å². The van der Waals surface area contributed by atoms with Gasteiger partial charge in [0.2, 0.25) is 0 Å². The number of hydrogen-bond donors (Lipinski definition) is 0. The van der Waals surface area contributed by atoms with E-state index >= 15 is 0 Å². The summed E-state index contributed by atoms with van der Waals surface area (Å²) in [7, 11) is 5.58. The Morgan fingerprint density at radius 2 is 1.00 bits per heavy atom. The van der Waals surface area contributed by atoms with Gasteiger partial charge < -0.3 is 4.90 Å². The normalized spacial score (nSPS) is 13.4. The maximum Gasteiger partial charge on any atom is 0.0367 e. The zero-order valence-electron chi connectivity index (χ0n) is 20.2. The lowest BCUT2D eigenvalue weighted by Crippen LogP contribution is -2.29. The van der Waals surface area contributed by atoms with Gasteiger partial charge in [-0.25, -0.2) is 0 Å². The van der Waals surface area contributed by atoms with Crippen molar-refractivity contribution in [2.45, 2.75) is 52.4 Å². The van der Waals surface area contributed by atoms with E-state index in [1.165, 1.54) is 57.9 Å². The molecular formula is C29H34NP. The Labute approximate surface area is 189 Å². The highest BCUT2D eigenvalue weighted by atomic mass is 31.1. The molecule has 3 aromatic carbocycles.